The van der Waals surface area contributed by atoms with Crippen molar-refractivity contribution in [1.29, 1.82) is 5.26 Å². The van der Waals surface area contributed by atoms with Crippen molar-refractivity contribution < 1.29 is 18.7 Å². The van der Waals surface area contributed by atoms with Crippen LogP contribution >= 0.6 is 15.9 Å². The molecule has 0 heterocycles. The second-order valence-corrected chi connectivity index (χ2v) is 8.48. The van der Waals surface area contributed by atoms with E-state index in [1.807, 2.05) is 45.0 Å². The summed E-state index contributed by atoms with van der Waals surface area (Å²) < 4.78 is 25.7. The van der Waals surface area contributed by atoms with Crippen LogP contribution in [0.15, 0.2) is 64.6 Å². The Labute approximate surface area is 207 Å². The van der Waals surface area contributed by atoms with Gasteiger partial charge in [-0.25, -0.2) is 4.39 Å². The highest BCUT2D eigenvalue weighted by molar-refractivity contribution is 9.10. The zero-order valence-electron chi connectivity index (χ0n) is 19.1. The van der Waals surface area contributed by atoms with Gasteiger partial charge < -0.3 is 14.8 Å². The van der Waals surface area contributed by atoms with Crippen LogP contribution in [0.4, 0.5) is 10.1 Å². The van der Waals surface area contributed by atoms with E-state index in [2.05, 4.69) is 21.2 Å². The van der Waals surface area contributed by atoms with Gasteiger partial charge in [-0.1, -0.05) is 29.8 Å². The number of amides is 1. The summed E-state index contributed by atoms with van der Waals surface area (Å²) in [5, 5.41) is 12.4. The van der Waals surface area contributed by atoms with E-state index in [9.17, 15) is 14.4 Å². The zero-order valence-corrected chi connectivity index (χ0v) is 20.7. The molecule has 0 saturated carbocycles. The quantitative estimate of drug-likeness (QED) is 0.263. The van der Waals surface area contributed by atoms with E-state index in [4.69, 9.17) is 9.47 Å². The van der Waals surface area contributed by atoms with Gasteiger partial charge >= 0.3 is 0 Å². The van der Waals surface area contributed by atoms with Crippen LogP contribution in [0.3, 0.4) is 0 Å². The van der Waals surface area contributed by atoms with E-state index in [1.54, 1.807) is 24.3 Å². The summed E-state index contributed by atoms with van der Waals surface area (Å²) in [5.41, 5.74) is 3.84. The lowest BCUT2D eigenvalue weighted by atomic mass is 10.1. The molecule has 0 bridgehead atoms. The molecule has 0 aliphatic heterocycles. The fourth-order valence-corrected chi connectivity index (χ4v) is 3.89. The van der Waals surface area contributed by atoms with Crippen LogP contribution in [-0.2, 0) is 11.4 Å². The van der Waals surface area contributed by atoms with Crippen molar-refractivity contribution in [2.75, 3.05) is 11.9 Å². The first-order chi connectivity index (χ1) is 16.3. The van der Waals surface area contributed by atoms with Gasteiger partial charge in [-0.3, -0.25) is 4.79 Å². The Morgan fingerprint density at radius 2 is 1.94 bits per heavy atom. The van der Waals surface area contributed by atoms with Crippen molar-refractivity contribution in [2.24, 2.45) is 0 Å². The number of hydrogen-bond donors (Lipinski definition) is 1. The number of nitriles is 1. The van der Waals surface area contributed by atoms with E-state index in [0.717, 1.165) is 11.1 Å². The molecule has 34 heavy (non-hydrogen) atoms. The maximum absolute atomic E-state index is 13.5. The van der Waals surface area contributed by atoms with Crippen molar-refractivity contribution >= 4 is 33.6 Å². The molecule has 174 valence electrons. The first-order valence-corrected chi connectivity index (χ1v) is 11.4. The molecule has 3 aromatic carbocycles. The third-order valence-corrected chi connectivity index (χ3v) is 5.50. The Kier molecular flexibility index (Phi) is 8.44. The van der Waals surface area contributed by atoms with E-state index < -0.39 is 5.91 Å². The second kappa shape index (κ2) is 11.5. The molecule has 0 fully saturated rings. The number of carbonyl (C=O) groups is 1. The molecule has 1 amide bonds. The summed E-state index contributed by atoms with van der Waals surface area (Å²) in [5.74, 6) is 0.0388. The van der Waals surface area contributed by atoms with Crippen LogP contribution in [0.25, 0.3) is 6.08 Å². The minimum atomic E-state index is -0.505. The number of carbonyl (C=O) groups excluding carboxylic acids is 1. The SMILES string of the molecule is CCOc1cc(/C=C(\C#N)C(=O)Nc2ccc(C)cc2C)cc(Br)c1OCc1cccc(F)c1. The highest BCUT2D eigenvalue weighted by atomic mass is 79.9. The van der Waals surface area contributed by atoms with Crippen LogP contribution in [-0.4, -0.2) is 12.5 Å². The largest absolute Gasteiger partial charge is 0.490 e. The Hall–Kier alpha value is -3.63. The number of hydrogen-bond acceptors (Lipinski definition) is 4. The van der Waals surface area contributed by atoms with Gasteiger partial charge in [0, 0.05) is 5.69 Å². The van der Waals surface area contributed by atoms with Gasteiger partial charge in [-0.15, -0.1) is 0 Å². The predicted octanol–water partition coefficient (Wildman–Crippen LogP) is 6.73. The molecule has 0 aromatic heterocycles. The Morgan fingerprint density at radius 1 is 1.15 bits per heavy atom. The number of rotatable bonds is 8. The zero-order chi connectivity index (χ0) is 24.7. The second-order valence-electron chi connectivity index (χ2n) is 7.62. The molecule has 3 aromatic rings. The Bertz CT molecular complexity index is 1280. The molecular formula is C27H24BrFN2O3. The fraction of sp³-hybridized carbons (Fsp3) is 0.185. The maximum Gasteiger partial charge on any atom is 0.266 e. The van der Waals surface area contributed by atoms with Gasteiger partial charge in [0.2, 0.25) is 0 Å². The molecule has 5 nitrogen and oxygen atoms in total. The summed E-state index contributed by atoms with van der Waals surface area (Å²) in [6, 6.07) is 17.2. The molecule has 0 spiro atoms. The first kappa shape index (κ1) is 25.0. The molecule has 0 radical (unpaired) electrons. The van der Waals surface area contributed by atoms with Gasteiger partial charge in [0.25, 0.3) is 5.91 Å². The van der Waals surface area contributed by atoms with Gasteiger partial charge in [-0.05, 0) is 89.8 Å². The third kappa shape index (κ3) is 6.46. The summed E-state index contributed by atoms with van der Waals surface area (Å²) >= 11 is 3.48. The maximum atomic E-state index is 13.5. The van der Waals surface area contributed by atoms with Gasteiger partial charge in [0.05, 0.1) is 11.1 Å². The number of benzene rings is 3. The normalized spacial score (nSPS) is 11.0. The molecule has 0 aliphatic rings. The van der Waals surface area contributed by atoms with Crippen molar-refractivity contribution in [1.82, 2.24) is 0 Å². The van der Waals surface area contributed by atoms with Crippen LogP contribution < -0.4 is 14.8 Å². The van der Waals surface area contributed by atoms with Crippen LogP contribution in [0, 0.1) is 31.0 Å². The van der Waals surface area contributed by atoms with Crippen molar-refractivity contribution in [3.05, 3.63) is 92.7 Å². The number of aryl methyl sites for hydroxylation is 2. The molecule has 1 N–H and O–H groups in total. The molecule has 0 aliphatic carbocycles. The Balaban J connectivity index is 1.86. The fourth-order valence-electron chi connectivity index (χ4n) is 3.32. The van der Waals surface area contributed by atoms with Crippen LogP contribution in [0.5, 0.6) is 11.5 Å². The lowest BCUT2D eigenvalue weighted by molar-refractivity contribution is -0.112. The van der Waals surface area contributed by atoms with Gasteiger partial charge in [0.1, 0.15) is 24.1 Å². The van der Waals surface area contributed by atoms with Gasteiger partial charge in [-0.2, -0.15) is 5.26 Å². The van der Waals surface area contributed by atoms with Crippen molar-refractivity contribution in [3.8, 4) is 17.6 Å². The van der Waals surface area contributed by atoms with Gasteiger partial charge in [0.15, 0.2) is 11.5 Å². The van der Waals surface area contributed by atoms with Crippen molar-refractivity contribution in [3.63, 3.8) is 0 Å². The number of nitrogens with one attached hydrogen (secondary N) is 1. The number of nitrogens with zero attached hydrogens (tertiary/aromatic N) is 1. The molecule has 7 heteroatoms. The summed E-state index contributed by atoms with van der Waals surface area (Å²) in [7, 11) is 0. The molecule has 0 saturated heterocycles. The molecular weight excluding hydrogens is 499 g/mol. The van der Waals surface area contributed by atoms with E-state index in [-0.39, 0.29) is 18.0 Å². The average Bonchev–Trinajstić information content (AvgIpc) is 2.79. The highest BCUT2D eigenvalue weighted by Gasteiger charge is 2.15. The highest BCUT2D eigenvalue weighted by Crippen LogP contribution is 2.38. The number of halogens is 2. The first-order valence-electron chi connectivity index (χ1n) is 10.6. The van der Waals surface area contributed by atoms with Crippen molar-refractivity contribution in [2.45, 2.75) is 27.4 Å². The minimum absolute atomic E-state index is 0.0530. The molecule has 0 atom stereocenters. The van der Waals surface area contributed by atoms with Crippen LogP contribution in [0.2, 0.25) is 0 Å². The molecule has 3 rings (SSSR count). The monoisotopic (exact) mass is 522 g/mol. The summed E-state index contributed by atoms with van der Waals surface area (Å²) in [4.78, 5) is 12.7. The van der Waals surface area contributed by atoms with E-state index >= 15 is 0 Å². The lowest BCUT2D eigenvalue weighted by Gasteiger charge is -2.15. The predicted molar refractivity (Wildman–Crippen MR) is 134 cm³/mol. The average molecular weight is 523 g/mol. The Morgan fingerprint density at radius 3 is 2.62 bits per heavy atom. The van der Waals surface area contributed by atoms with E-state index in [0.29, 0.717) is 39.4 Å². The number of ether oxygens (including phenoxy) is 2. The van der Waals surface area contributed by atoms with Crippen LogP contribution in [0.1, 0.15) is 29.2 Å². The third-order valence-electron chi connectivity index (χ3n) is 4.91. The van der Waals surface area contributed by atoms with E-state index in [1.165, 1.54) is 18.2 Å². The molecule has 0 unspecified atom stereocenters. The topological polar surface area (TPSA) is 71.3 Å². The number of anilines is 1. The summed E-state index contributed by atoms with van der Waals surface area (Å²) in [6.45, 7) is 6.23. The standard InChI is InChI=1S/C27H24BrFN2O3/c1-4-33-25-14-20(13-23(28)26(25)34-16-19-6-5-7-22(29)12-19)11-21(15-30)27(32)31-24-9-8-17(2)10-18(24)3/h5-14H,4,16H2,1-3H3,(H,31,32)/b21-11+. The summed E-state index contributed by atoms with van der Waals surface area (Å²) in [6.07, 6.45) is 1.49. The lowest BCUT2D eigenvalue weighted by Crippen LogP contribution is -2.14. The smallest absolute Gasteiger partial charge is 0.266 e. The minimum Gasteiger partial charge on any atom is -0.490 e.